The Hall–Kier alpha value is -1.85. The molecule has 0 aliphatic carbocycles. The van der Waals surface area contributed by atoms with E-state index in [2.05, 4.69) is 10.3 Å². The Bertz CT molecular complexity index is 969. The Morgan fingerprint density at radius 3 is 2.65 bits per heavy atom. The average Bonchev–Trinajstić information content (AvgIpc) is 3.05. The minimum Gasteiger partial charge on any atom is -0.298 e. The van der Waals surface area contributed by atoms with E-state index in [-0.39, 0.29) is 5.91 Å². The highest BCUT2D eigenvalue weighted by molar-refractivity contribution is 7.15. The third kappa shape index (κ3) is 5.08. The van der Waals surface area contributed by atoms with Gasteiger partial charge in [0.05, 0.1) is 10.0 Å². The van der Waals surface area contributed by atoms with Crippen molar-refractivity contribution in [2.45, 2.75) is 6.42 Å². The summed E-state index contributed by atoms with van der Waals surface area (Å²) in [6, 6.07) is 12.8. The van der Waals surface area contributed by atoms with Gasteiger partial charge in [-0.25, -0.2) is 4.98 Å². The lowest BCUT2D eigenvalue weighted by Gasteiger charge is -2.00. The van der Waals surface area contributed by atoms with Crippen molar-refractivity contribution < 1.29 is 4.79 Å². The summed E-state index contributed by atoms with van der Waals surface area (Å²) < 4.78 is 0. The molecule has 0 bridgehead atoms. The molecule has 3 rings (SSSR count). The number of amides is 1. The van der Waals surface area contributed by atoms with E-state index in [0.717, 1.165) is 21.0 Å². The molecule has 132 valence electrons. The fourth-order valence-corrected chi connectivity index (χ4v) is 3.56. The SMILES string of the molecule is O=C(C=Cc1ccc(Cl)c(Cl)c1)Nc1ncc(Cc2ccccc2Cl)s1. The third-order valence-electron chi connectivity index (χ3n) is 3.48. The number of hydrogen-bond donors (Lipinski definition) is 1. The van der Waals surface area contributed by atoms with Crippen LogP contribution in [0.25, 0.3) is 6.08 Å². The molecule has 1 aromatic heterocycles. The molecule has 0 saturated heterocycles. The predicted octanol–water partition coefficient (Wildman–Crippen LogP) is 6.35. The topological polar surface area (TPSA) is 42.0 Å². The molecule has 1 N–H and O–H groups in total. The molecule has 3 aromatic rings. The first kappa shape index (κ1) is 18.9. The summed E-state index contributed by atoms with van der Waals surface area (Å²) >= 11 is 19.4. The van der Waals surface area contributed by atoms with Crippen LogP contribution in [0.5, 0.6) is 0 Å². The third-order valence-corrected chi connectivity index (χ3v) is 5.50. The highest BCUT2D eigenvalue weighted by atomic mass is 35.5. The second-order valence-corrected chi connectivity index (χ2v) is 7.73. The summed E-state index contributed by atoms with van der Waals surface area (Å²) in [4.78, 5) is 17.3. The van der Waals surface area contributed by atoms with Gasteiger partial charge in [-0.3, -0.25) is 10.1 Å². The summed E-state index contributed by atoms with van der Waals surface area (Å²) in [5.74, 6) is -0.269. The molecule has 0 unspecified atom stereocenters. The van der Waals surface area contributed by atoms with Gasteiger partial charge in [-0.1, -0.05) is 59.1 Å². The van der Waals surface area contributed by atoms with Crippen LogP contribution in [-0.4, -0.2) is 10.9 Å². The summed E-state index contributed by atoms with van der Waals surface area (Å²) in [5.41, 5.74) is 1.81. The number of carbonyl (C=O) groups is 1. The van der Waals surface area contributed by atoms with Crippen molar-refractivity contribution >= 4 is 63.3 Å². The second-order valence-electron chi connectivity index (χ2n) is 5.40. The molecule has 1 heterocycles. The first-order chi connectivity index (χ1) is 12.5. The Morgan fingerprint density at radius 1 is 1.08 bits per heavy atom. The molecule has 26 heavy (non-hydrogen) atoms. The van der Waals surface area contributed by atoms with Crippen LogP contribution >= 0.6 is 46.1 Å². The highest BCUT2D eigenvalue weighted by Gasteiger charge is 2.07. The van der Waals surface area contributed by atoms with Crippen LogP contribution in [0.4, 0.5) is 5.13 Å². The fourth-order valence-electron chi connectivity index (χ4n) is 2.21. The van der Waals surface area contributed by atoms with Gasteiger partial charge in [-0.15, -0.1) is 11.3 Å². The van der Waals surface area contributed by atoms with E-state index in [4.69, 9.17) is 34.8 Å². The number of thiazole rings is 1. The smallest absolute Gasteiger partial charge is 0.250 e. The highest BCUT2D eigenvalue weighted by Crippen LogP contribution is 2.25. The zero-order chi connectivity index (χ0) is 18.5. The Morgan fingerprint density at radius 2 is 1.88 bits per heavy atom. The predicted molar refractivity (Wildman–Crippen MR) is 110 cm³/mol. The monoisotopic (exact) mass is 422 g/mol. The lowest BCUT2D eigenvalue weighted by Crippen LogP contribution is -2.07. The number of aromatic nitrogens is 1. The largest absolute Gasteiger partial charge is 0.298 e. The Kier molecular flexibility index (Phi) is 6.33. The fraction of sp³-hybridized carbons (Fsp3) is 0.0526. The van der Waals surface area contributed by atoms with Crippen molar-refractivity contribution in [3.63, 3.8) is 0 Å². The normalized spacial score (nSPS) is 11.0. The average molecular weight is 424 g/mol. The first-order valence-corrected chi connectivity index (χ1v) is 9.58. The van der Waals surface area contributed by atoms with Crippen LogP contribution in [0.3, 0.4) is 0 Å². The van der Waals surface area contributed by atoms with Gasteiger partial charge in [0, 0.05) is 28.6 Å². The molecule has 0 radical (unpaired) electrons. The van der Waals surface area contributed by atoms with Crippen LogP contribution in [0, 0.1) is 0 Å². The molecule has 0 fully saturated rings. The zero-order valence-electron chi connectivity index (χ0n) is 13.4. The van der Waals surface area contributed by atoms with Crippen molar-refractivity contribution in [1.82, 2.24) is 4.98 Å². The second kappa shape index (κ2) is 8.69. The van der Waals surface area contributed by atoms with E-state index in [0.29, 0.717) is 21.6 Å². The number of nitrogens with one attached hydrogen (secondary N) is 1. The molecule has 0 saturated carbocycles. The van der Waals surface area contributed by atoms with Gasteiger partial charge in [0.25, 0.3) is 0 Å². The molecule has 0 atom stereocenters. The van der Waals surface area contributed by atoms with E-state index >= 15 is 0 Å². The maximum absolute atomic E-state index is 12.0. The summed E-state index contributed by atoms with van der Waals surface area (Å²) in [6.45, 7) is 0. The maximum Gasteiger partial charge on any atom is 0.250 e. The van der Waals surface area contributed by atoms with E-state index in [9.17, 15) is 4.79 Å². The number of hydrogen-bond acceptors (Lipinski definition) is 3. The van der Waals surface area contributed by atoms with Gasteiger partial charge < -0.3 is 0 Å². The number of carbonyl (C=O) groups excluding carboxylic acids is 1. The van der Waals surface area contributed by atoms with Gasteiger partial charge in [0.1, 0.15) is 0 Å². The van der Waals surface area contributed by atoms with Crippen molar-refractivity contribution in [1.29, 1.82) is 0 Å². The number of benzene rings is 2. The summed E-state index contributed by atoms with van der Waals surface area (Å²) in [7, 11) is 0. The Balaban J connectivity index is 1.61. The van der Waals surface area contributed by atoms with Crippen molar-refractivity contribution in [2.75, 3.05) is 5.32 Å². The van der Waals surface area contributed by atoms with Crippen LogP contribution in [0.15, 0.2) is 54.7 Å². The number of nitrogens with zero attached hydrogens (tertiary/aromatic N) is 1. The number of anilines is 1. The summed E-state index contributed by atoms with van der Waals surface area (Å²) in [5, 5.41) is 4.92. The first-order valence-electron chi connectivity index (χ1n) is 7.63. The van der Waals surface area contributed by atoms with Crippen LogP contribution in [0.1, 0.15) is 16.0 Å². The Labute approximate surface area is 170 Å². The lowest BCUT2D eigenvalue weighted by atomic mass is 10.1. The minimum atomic E-state index is -0.269. The standard InChI is InChI=1S/C19H13Cl3N2OS/c20-15-4-2-1-3-13(15)10-14-11-23-19(26-14)24-18(25)8-6-12-5-7-16(21)17(22)9-12/h1-9,11H,10H2,(H,23,24,25). The quantitative estimate of drug-likeness (QED) is 0.486. The van der Waals surface area contributed by atoms with Gasteiger partial charge >= 0.3 is 0 Å². The molecule has 3 nitrogen and oxygen atoms in total. The van der Waals surface area contributed by atoms with Gasteiger partial charge in [-0.05, 0) is 35.4 Å². The lowest BCUT2D eigenvalue weighted by molar-refractivity contribution is -0.111. The van der Waals surface area contributed by atoms with E-state index in [1.165, 1.54) is 17.4 Å². The van der Waals surface area contributed by atoms with Gasteiger partial charge in [-0.2, -0.15) is 0 Å². The molecule has 0 spiro atoms. The van der Waals surface area contributed by atoms with Crippen LogP contribution in [0.2, 0.25) is 15.1 Å². The molecule has 1 amide bonds. The molecule has 2 aromatic carbocycles. The van der Waals surface area contributed by atoms with Crippen molar-refractivity contribution in [3.05, 3.63) is 85.8 Å². The van der Waals surface area contributed by atoms with Gasteiger partial charge in [0.2, 0.25) is 5.91 Å². The van der Waals surface area contributed by atoms with Crippen molar-refractivity contribution in [3.8, 4) is 0 Å². The molecular weight excluding hydrogens is 411 g/mol. The number of rotatable bonds is 5. The van der Waals surface area contributed by atoms with E-state index < -0.39 is 0 Å². The summed E-state index contributed by atoms with van der Waals surface area (Å²) in [6.07, 6.45) is 5.50. The van der Waals surface area contributed by atoms with Crippen LogP contribution < -0.4 is 5.32 Å². The van der Waals surface area contributed by atoms with Crippen molar-refractivity contribution in [2.24, 2.45) is 0 Å². The molecular formula is C19H13Cl3N2OS. The minimum absolute atomic E-state index is 0.269. The van der Waals surface area contributed by atoms with E-state index in [1.807, 2.05) is 24.3 Å². The number of halogens is 3. The molecule has 0 aliphatic rings. The van der Waals surface area contributed by atoms with Gasteiger partial charge in [0.15, 0.2) is 5.13 Å². The molecule has 0 aliphatic heterocycles. The van der Waals surface area contributed by atoms with E-state index in [1.54, 1.807) is 30.5 Å². The zero-order valence-corrected chi connectivity index (χ0v) is 16.5. The van der Waals surface area contributed by atoms with Crippen LogP contribution in [-0.2, 0) is 11.2 Å². The molecule has 7 heteroatoms. The maximum atomic E-state index is 12.0.